The second-order valence-electron chi connectivity index (χ2n) is 3.73. The second-order valence-corrected chi connectivity index (χ2v) is 5.47. The van der Waals surface area contributed by atoms with Gasteiger partial charge >= 0.3 is 0 Å². The van der Waals surface area contributed by atoms with Crippen LogP contribution in [-0.2, 0) is 10.0 Å². The molecule has 0 atom stereocenters. The number of nitrogens with zero attached hydrogens (tertiary/aromatic N) is 1. The van der Waals surface area contributed by atoms with E-state index in [1.165, 1.54) is 25.1 Å². The Morgan fingerprint density at radius 2 is 2.11 bits per heavy atom. The van der Waals surface area contributed by atoms with E-state index in [1.54, 1.807) is 6.92 Å². The SMILES string of the molecule is CC#CCCNS(=O)(=O)c1cccc([N+](=O)[O-])c1C. The number of nitro benzene ring substituents is 1. The largest absolute Gasteiger partial charge is 0.273 e. The number of nitro groups is 1. The van der Waals surface area contributed by atoms with Crippen LogP contribution >= 0.6 is 0 Å². The van der Waals surface area contributed by atoms with Crippen molar-refractivity contribution in [1.29, 1.82) is 0 Å². The minimum Gasteiger partial charge on any atom is -0.258 e. The zero-order valence-electron chi connectivity index (χ0n) is 10.6. The molecular formula is C12H14N2O4S. The van der Waals surface area contributed by atoms with Crippen molar-refractivity contribution < 1.29 is 13.3 Å². The fourth-order valence-electron chi connectivity index (χ4n) is 1.54. The van der Waals surface area contributed by atoms with E-state index in [1.807, 2.05) is 0 Å². The molecule has 0 aliphatic carbocycles. The van der Waals surface area contributed by atoms with Gasteiger partial charge in [-0.2, -0.15) is 0 Å². The van der Waals surface area contributed by atoms with Crippen LogP contribution in [0.4, 0.5) is 5.69 Å². The normalized spacial score (nSPS) is 10.6. The van der Waals surface area contributed by atoms with E-state index in [2.05, 4.69) is 16.6 Å². The van der Waals surface area contributed by atoms with Crippen molar-refractivity contribution in [3.8, 4) is 11.8 Å². The molecule has 0 unspecified atom stereocenters. The molecule has 0 saturated heterocycles. The molecule has 0 aliphatic heterocycles. The van der Waals surface area contributed by atoms with Crippen LogP contribution in [0.5, 0.6) is 0 Å². The molecule has 1 aromatic rings. The highest BCUT2D eigenvalue weighted by Gasteiger charge is 2.22. The van der Waals surface area contributed by atoms with Gasteiger partial charge < -0.3 is 0 Å². The maximum atomic E-state index is 12.0. The summed E-state index contributed by atoms with van der Waals surface area (Å²) < 4.78 is 26.4. The smallest absolute Gasteiger partial charge is 0.258 e. The molecule has 0 aromatic heterocycles. The topological polar surface area (TPSA) is 89.3 Å². The van der Waals surface area contributed by atoms with Gasteiger partial charge in [0.25, 0.3) is 5.69 Å². The monoisotopic (exact) mass is 282 g/mol. The maximum absolute atomic E-state index is 12.0. The summed E-state index contributed by atoms with van der Waals surface area (Å²) in [4.78, 5) is 10.1. The number of rotatable bonds is 5. The summed E-state index contributed by atoms with van der Waals surface area (Å²) in [5.41, 5.74) is -0.0854. The van der Waals surface area contributed by atoms with Gasteiger partial charge in [-0.3, -0.25) is 10.1 Å². The lowest BCUT2D eigenvalue weighted by Crippen LogP contribution is -2.25. The van der Waals surface area contributed by atoms with Crippen molar-refractivity contribution in [3.63, 3.8) is 0 Å². The molecule has 1 rings (SSSR count). The van der Waals surface area contributed by atoms with Gasteiger partial charge in [0.15, 0.2) is 0 Å². The van der Waals surface area contributed by atoms with Crippen LogP contribution in [0, 0.1) is 28.9 Å². The summed E-state index contributed by atoms with van der Waals surface area (Å²) in [5, 5.41) is 10.8. The highest BCUT2D eigenvalue weighted by atomic mass is 32.2. The minimum absolute atomic E-state index is 0.0776. The summed E-state index contributed by atoms with van der Waals surface area (Å²) in [5.74, 6) is 5.39. The molecule has 0 bridgehead atoms. The predicted octanol–water partition coefficient (Wildman–Crippen LogP) is 1.59. The van der Waals surface area contributed by atoms with Crippen LogP contribution in [0.25, 0.3) is 0 Å². The van der Waals surface area contributed by atoms with Crippen LogP contribution in [0.1, 0.15) is 18.9 Å². The molecule has 7 heteroatoms. The molecule has 0 amide bonds. The van der Waals surface area contributed by atoms with Crippen molar-refractivity contribution >= 4 is 15.7 Å². The van der Waals surface area contributed by atoms with Gasteiger partial charge in [0.1, 0.15) is 0 Å². The summed E-state index contributed by atoms with van der Waals surface area (Å²) in [6.45, 7) is 3.25. The highest BCUT2D eigenvalue weighted by Crippen LogP contribution is 2.24. The molecule has 0 radical (unpaired) electrons. The molecule has 19 heavy (non-hydrogen) atoms. The fourth-order valence-corrected chi connectivity index (χ4v) is 2.83. The zero-order valence-corrected chi connectivity index (χ0v) is 11.5. The summed E-state index contributed by atoms with van der Waals surface area (Å²) in [6.07, 6.45) is 0.393. The Bertz CT molecular complexity index is 641. The fraction of sp³-hybridized carbons (Fsp3) is 0.333. The maximum Gasteiger partial charge on any atom is 0.273 e. The number of nitrogens with one attached hydrogen (secondary N) is 1. The summed E-state index contributed by atoms with van der Waals surface area (Å²) in [7, 11) is -3.75. The lowest BCUT2D eigenvalue weighted by molar-refractivity contribution is -0.385. The van der Waals surface area contributed by atoms with Crippen molar-refractivity contribution in [2.45, 2.75) is 25.2 Å². The van der Waals surface area contributed by atoms with Crippen LogP contribution in [0.3, 0.4) is 0 Å². The van der Waals surface area contributed by atoms with E-state index in [9.17, 15) is 18.5 Å². The van der Waals surface area contributed by atoms with Crippen LogP contribution < -0.4 is 4.72 Å². The first-order chi connectivity index (χ1) is 8.90. The van der Waals surface area contributed by atoms with Gasteiger partial charge in [0, 0.05) is 24.6 Å². The zero-order chi connectivity index (χ0) is 14.5. The Balaban J connectivity index is 3.04. The van der Waals surface area contributed by atoms with Gasteiger partial charge in [-0.15, -0.1) is 11.8 Å². The lowest BCUT2D eigenvalue weighted by atomic mass is 10.2. The lowest BCUT2D eigenvalue weighted by Gasteiger charge is -2.08. The molecule has 0 aliphatic rings. The molecule has 0 heterocycles. The van der Waals surface area contributed by atoms with E-state index < -0.39 is 14.9 Å². The molecule has 0 fully saturated rings. The summed E-state index contributed by atoms with van der Waals surface area (Å²) in [6, 6.07) is 3.97. The average Bonchev–Trinajstić information content (AvgIpc) is 2.34. The molecule has 1 aromatic carbocycles. The van der Waals surface area contributed by atoms with Crippen molar-refractivity contribution in [1.82, 2.24) is 4.72 Å². The molecule has 1 N–H and O–H groups in total. The number of sulfonamides is 1. The Labute approximate surface area is 112 Å². The summed E-state index contributed by atoms with van der Waals surface area (Å²) >= 11 is 0. The highest BCUT2D eigenvalue weighted by molar-refractivity contribution is 7.89. The van der Waals surface area contributed by atoms with E-state index in [4.69, 9.17) is 0 Å². The Hall–Kier alpha value is -1.91. The van der Waals surface area contributed by atoms with E-state index in [0.717, 1.165) is 0 Å². The quantitative estimate of drug-likeness (QED) is 0.384. The first kappa shape index (κ1) is 15.1. The van der Waals surface area contributed by atoms with Crippen molar-refractivity contribution in [2.75, 3.05) is 6.54 Å². The van der Waals surface area contributed by atoms with Gasteiger partial charge in [-0.1, -0.05) is 6.07 Å². The van der Waals surface area contributed by atoms with Gasteiger partial charge in [-0.05, 0) is 19.9 Å². The molecule has 0 saturated carbocycles. The van der Waals surface area contributed by atoms with Crippen molar-refractivity contribution in [3.05, 3.63) is 33.9 Å². The first-order valence-corrected chi connectivity index (χ1v) is 7.01. The standard InChI is InChI=1S/C12H14N2O4S/c1-3-4-5-9-13-19(17,18)12-8-6-7-11(10(12)2)14(15)16/h6-8,13H,5,9H2,1-2H3. The molecule has 0 spiro atoms. The third-order valence-electron chi connectivity index (χ3n) is 2.46. The molecule has 102 valence electrons. The second kappa shape index (κ2) is 6.31. The number of benzene rings is 1. The predicted molar refractivity (Wildman–Crippen MR) is 71.1 cm³/mol. The Morgan fingerprint density at radius 3 is 2.68 bits per heavy atom. The van der Waals surface area contributed by atoms with E-state index >= 15 is 0 Å². The van der Waals surface area contributed by atoms with Crippen LogP contribution in [-0.4, -0.2) is 19.9 Å². The number of hydrogen-bond acceptors (Lipinski definition) is 4. The third-order valence-corrected chi connectivity index (χ3v) is 4.07. The van der Waals surface area contributed by atoms with Gasteiger partial charge in [-0.25, -0.2) is 13.1 Å². The van der Waals surface area contributed by atoms with E-state index in [-0.39, 0.29) is 22.7 Å². The Morgan fingerprint density at radius 1 is 1.42 bits per heavy atom. The van der Waals surface area contributed by atoms with E-state index in [0.29, 0.717) is 6.42 Å². The molecule has 6 nitrogen and oxygen atoms in total. The minimum atomic E-state index is -3.75. The number of hydrogen-bond donors (Lipinski definition) is 1. The van der Waals surface area contributed by atoms with Crippen LogP contribution in [0.2, 0.25) is 0 Å². The Kier molecular flexibility index (Phi) is 5.03. The average molecular weight is 282 g/mol. The first-order valence-electron chi connectivity index (χ1n) is 5.53. The molecular weight excluding hydrogens is 268 g/mol. The van der Waals surface area contributed by atoms with Crippen molar-refractivity contribution in [2.24, 2.45) is 0 Å². The van der Waals surface area contributed by atoms with Gasteiger partial charge in [0.05, 0.1) is 9.82 Å². The van der Waals surface area contributed by atoms with Gasteiger partial charge in [0.2, 0.25) is 10.0 Å². The van der Waals surface area contributed by atoms with Crippen LogP contribution in [0.15, 0.2) is 23.1 Å². The third kappa shape index (κ3) is 3.77.